The number of halogens is 2. The van der Waals surface area contributed by atoms with E-state index in [4.69, 9.17) is 28.3 Å². The summed E-state index contributed by atoms with van der Waals surface area (Å²) >= 11 is 11.6. The smallest absolute Gasteiger partial charge is 0.335 e. The van der Waals surface area contributed by atoms with Crippen molar-refractivity contribution in [2.45, 2.75) is 4.90 Å². The van der Waals surface area contributed by atoms with Crippen LogP contribution < -0.4 is 4.72 Å². The van der Waals surface area contributed by atoms with Crippen LogP contribution >= 0.6 is 23.2 Å². The first kappa shape index (κ1) is 15.6. The van der Waals surface area contributed by atoms with Crippen molar-refractivity contribution in [1.82, 2.24) is 4.98 Å². The third-order valence-corrected chi connectivity index (χ3v) is 4.30. The second kappa shape index (κ2) is 5.88. The molecule has 6 nitrogen and oxygen atoms in total. The Morgan fingerprint density at radius 2 is 1.90 bits per heavy atom. The van der Waals surface area contributed by atoms with Gasteiger partial charge in [0.15, 0.2) is 0 Å². The van der Waals surface area contributed by atoms with Crippen molar-refractivity contribution in [3.05, 3.63) is 52.3 Å². The van der Waals surface area contributed by atoms with Crippen molar-refractivity contribution < 1.29 is 18.3 Å². The van der Waals surface area contributed by atoms with Gasteiger partial charge >= 0.3 is 5.97 Å². The van der Waals surface area contributed by atoms with E-state index in [1.165, 1.54) is 24.4 Å². The van der Waals surface area contributed by atoms with Crippen LogP contribution in [0.25, 0.3) is 0 Å². The van der Waals surface area contributed by atoms with Crippen molar-refractivity contribution in [2.24, 2.45) is 0 Å². The van der Waals surface area contributed by atoms with Crippen LogP contribution in [0.4, 0.5) is 5.69 Å². The summed E-state index contributed by atoms with van der Waals surface area (Å²) in [6, 6.07) is 4.89. The first-order valence-corrected chi connectivity index (χ1v) is 7.70. The number of hydrogen-bond acceptors (Lipinski definition) is 4. The number of carboxylic acid groups (broad SMARTS) is 1. The van der Waals surface area contributed by atoms with Gasteiger partial charge in [0.05, 0.1) is 21.3 Å². The molecule has 1 aromatic heterocycles. The van der Waals surface area contributed by atoms with E-state index >= 15 is 0 Å². The lowest BCUT2D eigenvalue weighted by Gasteiger charge is -2.10. The van der Waals surface area contributed by atoms with Gasteiger partial charge in [-0.15, -0.1) is 0 Å². The molecule has 0 aliphatic heterocycles. The number of sulfonamides is 1. The lowest BCUT2D eigenvalue weighted by molar-refractivity contribution is 0.0697. The molecule has 0 unspecified atom stereocenters. The van der Waals surface area contributed by atoms with Crippen LogP contribution in [0.5, 0.6) is 0 Å². The van der Waals surface area contributed by atoms with Gasteiger partial charge in [0, 0.05) is 12.4 Å². The molecule has 0 aliphatic rings. The molecular weight excluding hydrogens is 339 g/mol. The molecular formula is C12H8Cl2N2O4S. The summed E-state index contributed by atoms with van der Waals surface area (Å²) in [5, 5.41) is 8.96. The van der Waals surface area contributed by atoms with Crippen LogP contribution in [0, 0.1) is 0 Å². The third-order valence-electron chi connectivity index (χ3n) is 2.45. The van der Waals surface area contributed by atoms with Gasteiger partial charge in [0.2, 0.25) is 0 Å². The van der Waals surface area contributed by atoms with Crippen molar-refractivity contribution in [3.63, 3.8) is 0 Å². The fourth-order valence-electron chi connectivity index (χ4n) is 1.47. The molecule has 0 aliphatic carbocycles. The van der Waals surface area contributed by atoms with E-state index in [2.05, 4.69) is 9.71 Å². The van der Waals surface area contributed by atoms with E-state index in [0.717, 1.165) is 12.3 Å². The van der Waals surface area contributed by atoms with Crippen molar-refractivity contribution >= 4 is 44.9 Å². The van der Waals surface area contributed by atoms with Crippen molar-refractivity contribution in [2.75, 3.05) is 4.72 Å². The molecule has 0 saturated carbocycles. The average Bonchev–Trinajstić information content (AvgIpc) is 2.40. The first-order valence-electron chi connectivity index (χ1n) is 5.46. The van der Waals surface area contributed by atoms with E-state index < -0.39 is 16.0 Å². The number of aromatic nitrogens is 1. The van der Waals surface area contributed by atoms with Crippen LogP contribution in [0.3, 0.4) is 0 Å². The van der Waals surface area contributed by atoms with Crippen LogP contribution in [-0.4, -0.2) is 24.5 Å². The highest BCUT2D eigenvalue weighted by Crippen LogP contribution is 2.26. The van der Waals surface area contributed by atoms with Gasteiger partial charge in [-0.05, 0) is 24.3 Å². The summed E-state index contributed by atoms with van der Waals surface area (Å²) in [4.78, 5) is 14.3. The van der Waals surface area contributed by atoms with Crippen LogP contribution in [-0.2, 0) is 10.0 Å². The Balaban J connectivity index is 2.35. The topological polar surface area (TPSA) is 96.4 Å². The van der Waals surface area contributed by atoms with Gasteiger partial charge in [-0.25, -0.2) is 13.2 Å². The molecule has 2 N–H and O–H groups in total. The summed E-state index contributed by atoms with van der Waals surface area (Å²) < 4.78 is 26.5. The molecule has 0 amide bonds. The Morgan fingerprint density at radius 1 is 1.19 bits per heavy atom. The lowest BCUT2D eigenvalue weighted by Crippen LogP contribution is -2.13. The highest BCUT2D eigenvalue weighted by molar-refractivity contribution is 7.92. The standard InChI is InChI=1S/C12H8Cl2N2O4S/c13-8-4-9(6-15-5-8)21(19,20)16-11-2-1-7(12(17)18)3-10(11)14/h1-6,16H,(H,17,18). The van der Waals surface area contributed by atoms with Gasteiger partial charge in [-0.3, -0.25) is 9.71 Å². The Morgan fingerprint density at radius 3 is 2.48 bits per heavy atom. The number of benzene rings is 1. The number of carbonyl (C=O) groups is 1. The van der Waals surface area contributed by atoms with Gasteiger partial charge < -0.3 is 5.11 Å². The SMILES string of the molecule is O=C(O)c1ccc(NS(=O)(=O)c2cncc(Cl)c2)c(Cl)c1. The van der Waals surface area contributed by atoms with Crippen LogP contribution in [0.1, 0.15) is 10.4 Å². The number of hydrogen-bond donors (Lipinski definition) is 2. The monoisotopic (exact) mass is 346 g/mol. The summed E-state index contributed by atoms with van der Waals surface area (Å²) in [6.45, 7) is 0. The number of nitrogens with zero attached hydrogens (tertiary/aromatic N) is 1. The normalized spacial score (nSPS) is 11.1. The zero-order valence-electron chi connectivity index (χ0n) is 10.2. The highest BCUT2D eigenvalue weighted by Gasteiger charge is 2.17. The largest absolute Gasteiger partial charge is 0.478 e. The number of rotatable bonds is 4. The second-order valence-corrected chi connectivity index (χ2v) is 6.47. The van der Waals surface area contributed by atoms with Gasteiger partial charge in [-0.2, -0.15) is 0 Å². The fraction of sp³-hybridized carbons (Fsp3) is 0. The summed E-state index contributed by atoms with van der Waals surface area (Å²) in [5.74, 6) is -1.16. The van der Waals surface area contributed by atoms with Crippen LogP contribution in [0.15, 0.2) is 41.6 Å². The summed E-state index contributed by atoms with van der Waals surface area (Å²) in [5.41, 5.74) is 0.00834. The molecule has 21 heavy (non-hydrogen) atoms. The Bertz CT molecular complexity index is 809. The lowest BCUT2D eigenvalue weighted by atomic mass is 10.2. The first-order chi connectivity index (χ1) is 9.79. The molecule has 0 bridgehead atoms. The minimum Gasteiger partial charge on any atom is -0.478 e. The van der Waals surface area contributed by atoms with E-state index in [0.29, 0.717) is 0 Å². The molecule has 0 saturated heterocycles. The third kappa shape index (κ3) is 3.63. The Kier molecular flexibility index (Phi) is 4.36. The van der Waals surface area contributed by atoms with E-state index in [9.17, 15) is 13.2 Å². The zero-order chi connectivity index (χ0) is 15.6. The molecule has 0 atom stereocenters. The maximum atomic E-state index is 12.1. The number of pyridine rings is 1. The van der Waals surface area contributed by atoms with E-state index in [1.807, 2.05) is 0 Å². The van der Waals surface area contributed by atoms with Crippen LogP contribution in [0.2, 0.25) is 10.0 Å². The van der Waals surface area contributed by atoms with E-state index in [1.54, 1.807) is 0 Å². The molecule has 1 aromatic carbocycles. The predicted molar refractivity (Wildman–Crippen MR) is 78.5 cm³/mol. The molecule has 9 heteroatoms. The number of carboxylic acids is 1. The molecule has 2 rings (SSSR count). The molecule has 2 aromatic rings. The maximum absolute atomic E-state index is 12.1. The zero-order valence-corrected chi connectivity index (χ0v) is 12.6. The molecule has 1 heterocycles. The fourth-order valence-corrected chi connectivity index (χ4v) is 3.06. The minimum atomic E-state index is -3.92. The molecule has 0 radical (unpaired) electrons. The Labute approximate surface area is 130 Å². The minimum absolute atomic E-state index is 0.0338. The van der Waals surface area contributed by atoms with Gasteiger partial charge in [0.25, 0.3) is 10.0 Å². The maximum Gasteiger partial charge on any atom is 0.335 e. The number of aromatic carboxylic acids is 1. The quantitative estimate of drug-likeness (QED) is 0.887. The van der Waals surface area contributed by atoms with Gasteiger partial charge in [0.1, 0.15) is 4.90 Å². The van der Waals surface area contributed by atoms with Crippen molar-refractivity contribution in [1.29, 1.82) is 0 Å². The predicted octanol–water partition coefficient (Wildman–Crippen LogP) is 2.89. The summed E-state index contributed by atoms with van der Waals surface area (Å²) in [7, 11) is -3.92. The second-order valence-electron chi connectivity index (χ2n) is 3.94. The molecule has 110 valence electrons. The molecule has 0 fully saturated rings. The number of anilines is 1. The highest BCUT2D eigenvalue weighted by atomic mass is 35.5. The molecule has 0 spiro atoms. The van der Waals surface area contributed by atoms with E-state index in [-0.39, 0.29) is 26.2 Å². The Hall–Kier alpha value is -1.83. The van der Waals surface area contributed by atoms with Gasteiger partial charge in [-0.1, -0.05) is 23.2 Å². The average molecular weight is 347 g/mol. The summed E-state index contributed by atoms with van der Waals surface area (Å²) in [6.07, 6.45) is 2.43. The van der Waals surface area contributed by atoms with Crippen molar-refractivity contribution in [3.8, 4) is 0 Å². The number of nitrogens with one attached hydrogen (secondary N) is 1.